The maximum atomic E-state index is 11.7. The molecule has 0 radical (unpaired) electrons. The molecule has 1 aromatic rings. The van der Waals surface area contributed by atoms with E-state index in [0.717, 1.165) is 25.0 Å². The molecule has 1 aromatic carbocycles. The molecule has 0 aliphatic carbocycles. The maximum absolute atomic E-state index is 11.7. The number of hydrogen-bond acceptors (Lipinski definition) is 5. The van der Waals surface area contributed by atoms with Crippen molar-refractivity contribution in [3.63, 3.8) is 0 Å². The number of ether oxygens (including phenoxy) is 3. The zero-order chi connectivity index (χ0) is 20.0. The zero-order valence-corrected chi connectivity index (χ0v) is 17.4. The molecule has 156 valence electrons. The quantitative estimate of drug-likeness (QED) is 0.325. The van der Waals surface area contributed by atoms with Gasteiger partial charge < -0.3 is 14.2 Å². The minimum absolute atomic E-state index is 0.0947. The van der Waals surface area contributed by atoms with Crippen LogP contribution < -0.4 is 4.74 Å². The first-order valence-corrected chi connectivity index (χ1v) is 11.2. The molecule has 1 atom stereocenters. The van der Waals surface area contributed by atoms with Crippen molar-refractivity contribution in [2.24, 2.45) is 0 Å². The Morgan fingerprint density at radius 2 is 1.56 bits per heavy atom. The van der Waals surface area contributed by atoms with Crippen molar-refractivity contribution in [1.29, 1.82) is 0 Å². The Kier molecular flexibility index (Phi) is 11.6. The summed E-state index contributed by atoms with van der Waals surface area (Å²) in [6.45, 7) is 4.68. The predicted molar refractivity (Wildman–Crippen MR) is 107 cm³/mol. The molecule has 1 unspecified atom stereocenters. The van der Waals surface area contributed by atoms with Crippen LogP contribution in [0.2, 0.25) is 0 Å². The fourth-order valence-electron chi connectivity index (χ4n) is 2.66. The summed E-state index contributed by atoms with van der Waals surface area (Å²) in [7, 11) is -4.30. The highest BCUT2D eigenvalue weighted by molar-refractivity contribution is 7.87. The van der Waals surface area contributed by atoms with E-state index in [1.54, 1.807) is 0 Å². The average molecular weight is 403 g/mol. The lowest BCUT2D eigenvalue weighted by Crippen LogP contribution is -2.39. The lowest BCUT2D eigenvalue weighted by Gasteiger charge is -2.26. The Balaban J connectivity index is 2.21. The van der Waals surface area contributed by atoms with Gasteiger partial charge in [-0.15, -0.1) is 0 Å². The molecule has 0 bridgehead atoms. The minimum atomic E-state index is -4.30. The summed E-state index contributed by atoms with van der Waals surface area (Å²) >= 11 is 0. The van der Waals surface area contributed by atoms with Crippen molar-refractivity contribution in [2.75, 3.05) is 26.4 Å². The van der Waals surface area contributed by atoms with Crippen molar-refractivity contribution in [2.45, 2.75) is 63.7 Å². The molecule has 0 amide bonds. The smallest absolute Gasteiger partial charge is 0.294 e. The van der Waals surface area contributed by atoms with Gasteiger partial charge in [-0.2, -0.15) is 8.42 Å². The number of para-hydroxylation sites is 1. The van der Waals surface area contributed by atoms with Gasteiger partial charge in [-0.1, -0.05) is 57.2 Å². The average Bonchev–Trinajstić information content (AvgIpc) is 2.64. The molecular formula is C20H34O6S. The van der Waals surface area contributed by atoms with Gasteiger partial charge in [0, 0.05) is 0 Å². The van der Waals surface area contributed by atoms with E-state index in [4.69, 9.17) is 14.2 Å². The monoisotopic (exact) mass is 402 g/mol. The molecule has 0 aliphatic rings. The van der Waals surface area contributed by atoms with E-state index < -0.39 is 15.1 Å². The van der Waals surface area contributed by atoms with E-state index in [-0.39, 0.29) is 19.6 Å². The molecule has 27 heavy (non-hydrogen) atoms. The topological polar surface area (TPSA) is 82.1 Å². The molecule has 0 fully saturated rings. The Labute approximate surface area is 164 Å². The molecule has 0 spiro atoms. The Hall–Kier alpha value is -1.15. The van der Waals surface area contributed by atoms with Gasteiger partial charge in [0.05, 0.1) is 19.8 Å². The third kappa shape index (κ3) is 10.1. The summed E-state index contributed by atoms with van der Waals surface area (Å²) in [5, 5.41) is 0. The first kappa shape index (κ1) is 23.9. The van der Waals surface area contributed by atoms with Gasteiger partial charge in [-0.3, -0.25) is 4.55 Å². The SMILES string of the molecule is CCCCCCCCC(C)(OCCOCCOc1ccccc1)S(=O)(=O)O. The molecule has 0 aromatic heterocycles. The number of rotatable bonds is 16. The molecular weight excluding hydrogens is 368 g/mol. The van der Waals surface area contributed by atoms with E-state index >= 15 is 0 Å². The van der Waals surface area contributed by atoms with E-state index in [1.807, 2.05) is 30.3 Å². The van der Waals surface area contributed by atoms with E-state index in [1.165, 1.54) is 19.8 Å². The van der Waals surface area contributed by atoms with Gasteiger partial charge in [-0.25, -0.2) is 0 Å². The van der Waals surface area contributed by atoms with Gasteiger partial charge in [0.2, 0.25) is 0 Å². The highest BCUT2D eigenvalue weighted by Crippen LogP contribution is 2.25. The van der Waals surface area contributed by atoms with Crippen LogP contribution in [0.3, 0.4) is 0 Å². The normalized spacial score (nSPS) is 14.0. The van der Waals surface area contributed by atoms with Crippen molar-refractivity contribution in [1.82, 2.24) is 0 Å². The van der Waals surface area contributed by atoms with Gasteiger partial charge in [-0.05, 0) is 31.9 Å². The van der Waals surface area contributed by atoms with Gasteiger partial charge >= 0.3 is 0 Å². The Morgan fingerprint density at radius 1 is 0.926 bits per heavy atom. The molecule has 0 saturated heterocycles. The van der Waals surface area contributed by atoms with Crippen LogP contribution in [0.15, 0.2) is 30.3 Å². The third-order valence-corrected chi connectivity index (χ3v) is 5.82. The van der Waals surface area contributed by atoms with Crippen LogP contribution in [0.5, 0.6) is 5.75 Å². The summed E-state index contributed by atoms with van der Waals surface area (Å²) in [4.78, 5) is -1.58. The van der Waals surface area contributed by atoms with Crippen LogP contribution in [0.25, 0.3) is 0 Å². The standard InChI is InChI=1S/C20H34O6S/c1-3-4-5-6-7-11-14-20(2,27(21,22)23)26-18-16-24-15-17-25-19-12-9-8-10-13-19/h8-10,12-13H,3-7,11,14-18H2,1-2H3,(H,21,22,23). The van der Waals surface area contributed by atoms with Crippen LogP contribution in [0.4, 0.5) is 0 Å². The molecule has 0 saturated carbocycles. The molecule has 6 nitrogen and oxygen atoms in total. The van der Waals surface area contributed by atoms with Crippen molar-refractivity contribution < 1.29 is 27.2 Å². The molecule has 7 heteroatoms. The summed E-state index contributed by atoms with van der Waals surface area (Å²) in [5.41, 5.74) is 0. The Bertz CT molecular complexity index is 590. The molecule has 0 aliphatic heterocycles. The first-order valence-electron chi connectivity index (χ1n) is 9.75. The van der Waals surface area contributed by atoms with Crippen LogP contribution in [0, 0.1) is 0 Å². The summed E-state index contributed by atoms with van der Waals surface area (Å²) < 4.78 is 49.3. The fourth-order valence-corrected chi connectivity index (χ4v) is 3.29. The molecule has 1 N–H and O–H groups in total. The maximum Gasteiger partial charge on any atom is 0.294 e. The van der Waals surface area contributed by atoms with Crippen LogP contribution in [-0.2, 0) is 19.6 Å². The van der Waals surface area contributed by atoms with E-state index in [0.29, 0.717) is 19.6 Å². The van der Waals surface area contributed by atoms with Crippen LogP contribution in [0.1, 0.15) is 58.8 Å². The first-order chi connectivity index (χ1) is 12.9. The molecule has 0 heterocycles. The van der Waals surface area contributed by atoms with Crippen molar-refractivity contribution >= 4 is 10.1 Å². The fraction of sp³-hybridized carbons (Fsp3) is 0.700. The summed E-state index contributed by atoms with van der Waals surface area (Å²) in [5.74, 6) is 0.773. The number of hydrogen-bond donors (Lipinski definition) is 1. The van der Waals surface area contributed by atoms with Gasteiger partial charge in [0.15, 0.2) is 4.93 Å². The third-order valence-electron chi connectivity index (χ3n) is 4.40. The second-order valence-electron chi connectivity index (χ2n) is 6.75. The van der Waals surface area contributed by atoms with Crippen LogP contribution in [-0.4, -0.2) is 44.3 Å². The van der Waals surface area contributed by atoms with Crippen molar-refractivity contribution in [3.8, 4) is 5.75 Å². The zero-order valence-electron chi connectivity index (χ0n) is 16.6. The highest BCUT2D eigenvalue weighted by atomic mass is 32.2. The van der Waals surface area contributed by atoms with E-state index in [9.17, 15) is 13.0 Å². The summed E-state index contributed by atoms with van der Waals surface area (Å²) in [6, 6.07) is 9.43. The van der Waals surface area contributed by atoms with Gasteiger partial charge in [0.1, 0.15) is 12.4 Å². The summed E-state index contributed by atoms with van der Waals surface area (Å²) in [6.07, 6.45) is 6.49. The van der Waals surface area contributed by atoms with Gasteiger partial charge in [0.25, 0.3) is 10.1 Å². The lowest BCUT2D eigenvalue weighted by molar-refractivity contribution is -0.0225. The molecule has 1 rings (SSSR count). The largest absolute Gasteiger partial charge is 0.491 e. The highest BCUT2D eigenvalue weighted by Gasteiger charge is 2.38. The number of unbranched alkanes of at least 4 members (excludes halogenated alkanes) is 5. The van der Waals surface area contributed by atoms with E-state index in [2.05, 4.69) is 6.92 Å². The number of benzene rings is 1. The van der Waals surface area contributed by atoms with Crippen molar-refractivity contribution in [3.05, 3.63) is 30.3 Å². The van der Waals surface area contributed by atoms with Crippen LogP contribution >= 0.6 is 0 Å². The lowest BCUT2D eigenvalue weighted by atomic mass is 10.1. The minimum Gasteiger partial charge on any atom is -0.491 e. The second-order valence-corrected chi connectivity index (χ2v) is 8.56. The second kappa shape index (κ2) is 13.1. The Morgan fingerprint density at radius 3 is 2.22 bits per heavy atom. The predicted octanol–water partition coefficient (Wildman–Crippen LogP) is 4.45.